The lowest BCUT2D eigenvalue weighted by atomic mass is 10.2. The van der Waals surface area contributed by atoms with E-state index in [0.717, 1.165) is 32.0 Å². The van der Waals surface area contributed by atoms with Crippen LogP contribution in [0.25, 0.3) is 0 Å². The molecule has 0 saturated carbocycles. The van der Waals surface area contributed by atoms with Gasteiger partial charge in [0.2, 0.25) is 10.0 Å². The van der Waals surface area contributed by atoms with Crippen LogP contribution in [0.4, 0.5) is 0 Å². The lowest BCUT2D eigenvalue weighted by Gasteiger charge is -2.35. The van der Waals surface area contributed by atoms with Gasteiger partial charge in [-0.05, 0) is 25.6 Å². The molecule has 1 aromatic carbocycles. The number of aromatic nitrogens is 1. The highest BCUT2D eigenvalue weighted by atomic mass is 32.2. The van der Waals surface area contributed by atoms with Crippen LogP contribution < -0.4 is 5.32 Å². The van der Waals surface area contributed by atoms with Crippen molar-refractivity contribution in [3.8, 4) is 0 Å². The smallest absolute Gasteiger partial charge is 0.220 e. The Morgan fingerprint density at radius 3 is 2.58 bits per heavy atom. The molecule has 0 amide bonds. The van der Waals surface area contributed by atoms with Gasteiger partial charge in [0.25, 0.3) is 0 Å². The van der Waals surface area contributed by atoms with Crippen LogP contribution in [0.15, 0.2) is 52.2 Å². The number of guanidine groups is 1. The second-order valence-electron chi connectivity index (χ2n) is 7.68. The fraction of sp³-hybridized carbons (Fsp3) is 0.524. The molecule has 2 aromatic rings. The normalized spacial score (nSPS) is 16.1. The zero-order valence-corrected chi connectivity index (χ0v) is 19.1. The summed E-state index contributed by atoms with van der Waals surface area (Å²) in [6.07, 6.45) is 2.38. The first-order valence-electron chi connectivity index (χ1n) is 10.5. The van der Waals surface area contributed by atoms with Gasteiger partial charge >= 0.3 is 0 Å². The van der Waals surface area contributed by atoms with E-state index in [4.69, 9.17) is 4.52 Å². The van der Waals surface area contributed by atoms with E-state index in [9.17, 15) is 8.42 Å². The summed E-state index contributed by atoms with van der Waals surface area (Å²) in [6, 6.07) is 12.0. The largest absolute Gasteiger partial charge is 0.364 e. The average Bonchev–Trinajstić information content (AvgIpc) is 3.27. The van der Waals surface area contributed by atoms with Crippen LogP contribution in [0.3, 0.4) is 0 Å². The first-order chi connectivity index (χ1) is 15.0. The molecule has 10 heteroatoms. The Labute approximate surface area is 184 Å². The minimum absolute atomic E-state index is 0.132. The molecule has 170 valence electrons. The van der Waals surface area contributed by atoms with Crippen molar-refractivity contribution >= 4 is 16.0 Å². The van der Waals surface area contributed by atoms with Crippen LogP contribution in [0, 0.1) is 0 Å². The monoisotopic (exact) mass is 448 g/mol. The number of piperazine rings is 1. The zero-order valence-electron chi connectivity index (χ0n) is 18.3. The van der Waals surface area contributed by atoms with E-state index in [1.165, 1.54) is 16.1 Å². The molecular weight excluding hydrogens is 416 g/mol. The molecule has 1 aliphatic heterocycles. The highest BCUT2D eigenvalue weighted by molar-refractivity contribution is 7.88. The lowest BCUT2D eigenvalue weighted by Crippen LogP contribution is -2.54. The Morgan fingerprint density at radius 1 is 1.19 bits per heavy atom. The van der Waals surface area contributed by atoms with E-state index in [0.29, 0.717) is 31.9 Å². The number of benzene rings is 1. The topological polar surface area (TPSA) is 94.3 Å². The van der Waals surface area contributed by atoms with E-state index >= 15 is 0 Å². The minimum atomic E-state index is -3.40. The maximum absolute atomic E-state index is 12.6. The fourth-order valence-corrected chi connectivity index (χ4v) is 5.05. The summed E-state index contributed by atoms with van der Waals surface area (Å²) in [5, 5.41) is 7.11. The average molecular weight is 449 g/mol. The number of hydrogen-bond donors (Lipinski definition) is 1. The first kappa shape index (κ1) is 23.2. The van der Waals surface area contributed by atoms with Gasteiger partial charge in [0.05, 0.1) is 5.69 Å². The van der Waals surface area contributed by atoms with Crippen molar-refractivity contribution in [3.63, 3.8) is 0 Å². The van der Waals surface area contributed by atoms with Crippen LogP contribution in [0.5, 0.6) is 0 Å². The molecule has 1 saturated heterocycles. The van der Waals surface area contributed by atoms with Crippen LogP contribution in [0.1, 0.15) is 17.7 Å². The van der Waals surface area contributed by atoms with E-state index in [1.807, 2.05) is 6.07 Å². The van der Waals surface area contributed by atoms with Gasteiger partial charge in [0.1, 0.15) is 12.0 Å². The second-order valence-corrected chi connectivity index (χ2v) is 9.65. The molecule has 9 nitrogen and oxygen atoms in total. The van der Waals surface area contributed by atoms with Crippen LogP contribution in [0.2, 0.25) is 0 Å². The van der Waals surface area contributed by atoms with Gasteiger partial charge in [-0.15, -0.1) is 0 Å². The van der Waals surface area contributed by atoms with Gasteiger partial charge in [-0.25, -0.2) is 8.42 Å². The summed E-state index contributed by atoms with van der Waals surface area (Å²) in [7, 11) is 0.487. The van der Waals surface area contributed by atoms with Crippen molar-refractivity contribution in [3.05, 3.63) is 53.9 Å². The second kappa shape index (κ2) is 11.3. The predicted molar refractivity (Wildman–Crippen MR) is 121 cm³/mol. The molecule has 0 aliphatic carbocycles. The summed E-state index contributed by atoms with van der Waals surface area (Å²) < 4.78 is 31.4. The number of nitrogens with zero attached hydrogens (tertiary/aromatic N) is 5. The van der Waals surface area contributed by atoms with Gasteiger partial charge < -0.3 is 19.6 Å². The Morgan fingerprint density at radius 2 is 1.94 bits per heavy atom. The Hall–Kier alpha value is -2.43. The molecule has 0 unspecified atom stereocenters. The van der Waals surface area contributed by atoms with Crippen molar-refractivity contribution in [2.45, 2.75) is 18.7 Å². The zero-order chi connectivity index (χ0) is 22.1. The van der Waals surface area contributed by atoms with Crippen LogP contribution in [-0.2, 0) is 22.3 Å². The minimum Gasteiger partial charge on any atom is -0.364 e. The summed E-state index contributed by atoms with van der Waals surface area (Å²) in [5.74, 6) is 0.687. The maximum Gasteiger partial charge on any atom is 0.220 e. The molecule has 0 atom stereocenters. The van der Waals surface area contributed by atoms with Crippen molar-refractivity contribution in [1.29, 1.82) is 0 Å². The molecule has 1 aliphatic rings. The van der Waals surface area contributed by atoms with E-state index < -0.39 is 10.0 Å². The fourth-order valence-electron chi connectivity index (χ4n) is 3.62. The number of hydrogen-bond acceptors (Lipinski definition) is 6. The quantitative estimate of drug-likeness (QED) is 0.350. The van der Waals surface area contributed by atoms with E-state index in [2.05, 4.69) is 56.6 Å². The molecule has 0 bridgehead atoms. The van der Waals surface area contributed by atoms with Crippen LogP contribution in [-0.4, -0.2) is 87.0 Å². The molecule has 0 spiro atoms. The molecule has 1 N–H and O–H groups in total. The van der Waals surface area contributed by atoms with Crippen molar-refractivity contribution in [2.75, 3.05) is 53.4 Å². The number of aliphatic imine (C=N–C) groups is 1. The highest BCUT2D eigenvalue weighted by Gasteiger charge is 2.28. The maximum atomic E-state index is 12.6. The van der Waals surface area contributed by atoms with Gasteiger partial charge in [-0.3, -0.25) is 4.99 Å². The van der Waals surface area contributed by atoms with Crippen molar-refractivity contribution in [2.24, 2.45) is 4.99 Å². The number of nitrogens with one attached hydrogen (secondary N) is 1. The van der Waals surface area contributed by atoms with E-state index in [-0.39, 0.29) is 5.75 Å². The Kier molecular flexibility index (Phi) is 8.44. The molecule has 31 heavy (non-hydrogen) atoms. The third kappa shape index (κ3) is 7.05. The van der Waals surface area contributed by atoms with Crippen molar-refractivity contribution < 1.29 is 12.9 Å². The Balaban J connectivity index is 1.38. The predicted octanol–water partition coefficient (Wildman–Crippen LogP) is 1.22. The first-order valence-corrected chi connectivity index (χ1v) is 12.1. The molecule has 2 heterocycles. The van der Waals surface area contributed by atoms with E-state index in [1.54, 1.807) is 13.1 Å². The summed E-state index contributed by atoms with van der Waals surface area (Å²) in [5.41, 5.74) is 1.74. The van der Waals surface area contributed by atoms with Gasteiger partial charge in [-0.1, -0.05) is 35.5 Å². The molecular formula is C21H32N6O3S. The van der Waals surface area contributed by atoms with Gasteiger partial charge in [-0.2, -0.15) is 4.31 Å². The highest BCUT2D eigenvalue weighted by Crippen LogP contribution is 2.13. The van der Waals surface area contributed by atoms with Gasteiger partial charge in [0.15, 0.2) is 5.96 Å². The number of sulfonamides is 1. The van der Waals surface area contributed by atoms with Crippen LogP contribution >= 0.6 is 0 Å². The summed E-state index contributed by atoms with van der Waals surface area (Å²) in [6.45, 7) is 4.79. The molecule has 0 radical (unpaired) electrons. The molecule has 3 rings (SSSR count). The SMILES string of the molecule is CN=C(NCCCN(C)Cc1ccccc1)N1CCN(S(=O)(=O)Cc2ccon2)CC1. The molecule has 1 fully saturated rings. The third-order valence-electron chi connectivity index (χ3n) is 5.26. The van der Waals surface area contributed by atoms with Gasteiger partial charge in [0, 0.05) is 52.4 Å². The Bertz CT molecular complexity index is 910. The molecule has 1 aromatic heterocycles. The van der Waals surface area contributed by atoms with Crippen molar-refractivity contribution in [1.82, 2.24) is 24.6 Å². The number of rotatable bonds is 9. The lowest BCUT2D eigenvalue weighted by molar-refractivity contribution is 0.259. The summed E-state index contributed by atoms with van der Waals surface area (Å²) in [4.78, 5) is 8.78. The summed E-state index contributed by atoms with van der Waals surface area (Å²) >= 11 is 0. The standard InChI is InChI=1S/C21H32N6O3S/c1-22-21(23-10-6-11-25(2)17-19-7-4-3-5-8-19)26-12-14-27(15-13-26)31(28,29)18-20-9-16-30-24-20/h3-5,7-9,16H,6,10-15,17-18H2,1-2H3,(H,22,23). The third-order valence-corrected chi connectivity index (χ3v) is 7.07.